The molecule has 0 saturated carbocycles. The lowest BCUT2D eigenvalue weighted by Gasteiger charge is -2.14. The number of methoxy groups -OCH3 is 1. The SMILES string of the molecule is COc1c(Br)cc(Cl)cc1NCc1ccccc1Br. The molecule has 2 nitrogen and oxygen atoms in total. The minimum atomic E-state index is 0.655. The van der Waals surface area contributed by atoms with E-state index in [0.717, 1.165) is 20.4 Å². The number of anilines is 1. The minimum Gasteiger partial charge on any atom is -0.493 e. The van der Waals surface area contributed by atoms with E-state index in [4.69, 9.17) is 16.3 Å². The Kier molecular flexibility index (Phi) is 5.13. The van der Waals surface area contributed by atoms with E-state index in [2.05, 4.69) is 43.2 Å². The standard InChI is InChI=1S/C14H12Br2ClNO/c1-19-14-12(16)6-10(17)7-13(14)18-8-9-4-2-3-5-11(9)15/h2-7,18H,8H2,1H3. The first-order valence-electron chi connectivity index (χ1n) is 5.62. The van der Waals surface area contributed by atoms with Gasteiger partial charge in [0.25, 0.3) is 0 Å². The number of ether oxygens (including phenoxy) is 1. The fraction of sp³-hybridized carbons (Fsp3) is 0.143. The fourth-order valence-corrected chi connectivity index (χ4v) is 3.13. The van der Waals surface area contributed by atoms with Gasteiger partial charge in [-0.1, -0.05) is 45.7 Å². The molecule has 5 heteroatoms. The van der Waals surface area contributed by atoms with Crippen molar-refractivity contribution < 1.29 is 4.74 Å². The highest BCUT2D eigenvalue weighted by Crippen LogP contribution is 2.36. The molecule has 0 spiro atoms. The average molecular weight is 406 g/mol. The number of nitrogens with one attached hydrogen (secondary N) is 1. The van der Waals surface area contributed by atoms with Gasteiger partial charge in [-0.25, -0.2) is 0 Å². The molecule has 19 heavy (non-hydrogen) atoms. The molecule has 0 aliphatic heterocycles. The minimum absolute atomic E-state index is 0.655. The Morgan fingerprint density at radius 2 is 1.89 bits per heavy atom. The van der Waals surface area contributed by atoms with Crippen LogP contribution in [0.25, 0.3) is 0 Å². The third kappa shape index (κ3) is 3.65. The van der Waals surface area contributed by atoms with Crippen molar-refractivity contribution in [2.75, 3.05) is 12.4 Å². The molecular formula is C14H12Br2ClNO. The Bertz CT molecular complexity index is 590. The van der Waals surface area contributed by atoms with Gasteiger partial charge in [0, 0.05) is 16.0 Å². The van der Waals surface area contributed by atoms with Crippen LogP contribution in [0.1, 0.15) is 5.56 Å². The first kappa shape index (κ1) is 14.7. The summed E-state index contributed by atoms with van der Waals surface area (Å²) in [6.45, 7) is 0.685. The molecule has 100 valence electrons. The molecule has 0 heterocycles. The molecule has 0 aromatic heterocycles. The van der Waals surface area contributed by atoms with Crippen molar-refractivity contribution in [3.63, 3.8) is 0 Å². The zero-order valence-corrected chi connectivity index (χ0v) is 14.1. The highest BCUT2D eigenvalue weighted by atomic mass is 79.9. The number of halogens is 3. The van der Waals surface area contributed by atoms with Gasteiger partial charge < -0.3 is 10.1 Å². The van der Waals surface area contributed by atoms with Gasteiger partial charge in [0.2, 0.25) is 0 Å². The zero-order valence-electron chi connectivity index (χ0n) is 10.2. The van der Waals surface area contributed by atoms with Crippen molar-refractivity contribution in [2.45, 2.75) is 6.54 Å². The normalized spacial score (nSPS) is 10.3. The molecule has 0 fully saturated rings. The predicted molar refractivity (Wildman–Crippen MR) is 87.2 cm³/mol. The Morgan fingerprint density at radius 3 is 2.58 bits per heavy atom. The maximum atomic E-state index is 6.06. The summed E-state index contributed by atoms with van der Waals surface area (Å²) in [5.74, 6) is 0.747. The van der Waals surface area contributed by atoms with E-state index in [1.54, 1.807) is 7.11 Å². The lowest BCUT2D eigenvalue weighted by molar-refractivity contribution is 0.414. The molecule has 1 N–H and O–H groups in total. The van der Waals surface area contributed by atoms with E-state index >= 15 is 0 Å². The van der Waals surface area contributed by atoms with E-state index in [-0.39, 0.29) is 0 Å². The van der Waals surface area contributed by atoms with Crippen LogP contribution in [0.3, 0.4) is 0 Å². The molecule has 0 aliphatic carbocycles. The molecule has 2 aromatic carbocycles. The molecule has 0 amide bonds. The lowest BCUT2D eigenvalue weighted by atomic mass is 10.2. The quantitative estimate of drug-likeness (QED) is 0.727. The molecule has 0 atom stereocenters. The summed E-state index contributed by atoms with van der Waals surface area (Å²) in [5.41, 5.74) is 2.03. The molecule has 2 rings (SSSR count). The lowest BCUT2D eigenvalue weighted by Crippen LogP contribution is -2.02. The van der Waals surface area contributed by atoms with Crippen LogP contribution in [0.5, 0.6) is 5.75 Å². The summed E-state index contributed by atoms with van der Waals surface area (Å²) in [4.78, 5) is 0. The van der Waals surface area contributed by atoms with Crippen LogP contribution in [0.4, 0.5) is 5.69 Å². The predicted octanol–water partition coefficient (Wildman–Crippen LogP) is 5.49. The molecule has 0 aliphatic rings. The Morgan fingerprint density at radius 1 is 1.16 bits per heavy atom. The van der Waals surface area contributed by atoms with Crippen LogP contribution in [0.15, 0.2) is 45.3 Å². The van der Waals surface area contributed by atoms with Crippen LogP contribution < -0.4 is 10.1 Å². The third-order valence-corrected chi connectivity index (χ3v) is 4.22. The highest BCUT2D eigenvalue weighted by Gasteiger charge is 2.09. The van der Waals surface area contributed by atoms with Crippen LogP contribution in [0.2, 0.25) is 5.02 Å². The van der Waals surface area contributed by atoms with Gasteiger partial charge in [-0.15, -0.1) is 0 Å². The zero-order chi connectivity index (χ0) is 13.8. The molecule has 0 unspecified atom stereocenters. The van der Waals surface area contributed by atoms with E-state index in [1.807, 2.05) is 30.3 Å². The van der Waals surface area contributed by atoms with Gasteiger partial charge in [-0.05, 0) is 39.7 Å². The topological polar surface area (TPSA) is 21.3 Å². The number of hydrogen-bond acceptors (Lipinski definition) is 2. The monoisotopic (exact) mass is 403 g/mol. The summed E-state index contributed by atoms with van der Waals surface area (Å²) in [6.07, 6.45) is 0. The van der Waals surface area contributed by atoms with Crippen LogP contribution >= 0.6 is 43.5 Å². The summed E-state index contributed by atoms with van der Waals surface area (Å²) < 4.78 is 7.27. The summed E-state index contributed by atoms with van der Waals surface area (Å²) >= 11 is 13.0. The van der Waals surface area contributed by atoms with E-state index < -0.39 is 0 Å². The van der Waals surface area contributed by atoms with Crippen molar-refractivity contribution >= 4 is 49.1 Å². The van der Waals surface area contributed by atoms with Gasteiger partial charge in [-0.3, -0.25) is 0 Å². The van der Waals surface area contributed by atoms with Crippen LogP contribution in [-0.4, -0.2) is 7.11 Å². The van der Waals surface area contributed by atoms with Crippen molar-refractivity contribution in [2.24, 2.45) is 0 Å². The van der Waals surface area contributed by atoms with E-state index in [9.17, 15) is 0 Å². The van der Waals surface area contributed by atoms with Crippen LogP contribution in [0, 0.1) is 0 Å². The van der Waals surface area contributed by atoms with Crippen molar-refractivity contribution in [3.8, 4) is 5.75 Å². The van der Waals surface area contributed by atoms with Gasteiger partial charge in [0.1, 0.15) is 0 Å². The average Bonchev–Trinajstić information content (AvgIpc) is 2.37. The Balaban J connectivity index is 2.22. The van der Waals surface area contributed by atoms with Crippen molar-refractivity contribution in [3.05, 3.63) is 55.9 Å². The maximum absolute atomic E-state index is 6.06. The van der Waals surface area contributed by atoms with Crippen LogP contribution in [-0.2, 0) is 6.54 Å². The third-order valence-electron chi connectivity index (χ3n) is 2.64. The number of benzene rings is 2. The van der Waals surface area contributed by atoms with Gasteiger partial charge >= 0.3 is 0 Å². The largest absolute Gasteiger partial charge is 0.493 e. The number of hydrogen-bond donors (Lipinski definition) is 1. The van der Waals surface area contributed by atoms with Gasteiger partial charge in [-0.2, -0.15) is 0 Å². The maximum Gasteiger partial charge on any atom is 0.156 e. The van der Waals surface area contributed by atoms with Gasteiger partial charge in [0.05, 0.1) is 17.3 Å². The first-order chi connectivity index (χ1) is 9.11. The molecule has 2 aromatic rings. The molecule has 0 bridgehead atoms. The summed E-state index contributed by atoms with van der Waals surface area (Å²) in [6, 6.07) is 11.7. The molecule has 0 radical (unpaired) electrons. The molecular weight excluding hydrogens is 393 g/mol. The summed E-state index contributed by atoms with van der Waals surface area (Å²) in [7, 11) is 1.64. The summed E-state index contributed by atoms with van der Waals surface area (Å²) in [5, 5.41) is 3.99. The van der Waals surface area contributed by atoms with E-state index in [1.165, 1.54) is 5.56 Å². The van der Waals surface area contributed by atoms with Gasteiger partial charge in [0.15, 0.2) is 5.75 Å². The Hall–Kier alpha value is -0.710. The van der Waals surface area contributed by atoms with Crippen molar-refractivity contribution in [1.29, 1.82) is 0 Å². The Labute approximate surface area is 134 Å². The van der Waals surface area contributed by atoms with Crippen molar-refractivity contribution in [1.82, 2.24) is 0 Å². The van der Waals surface area contributed by atoms with E-state index in [0.29, 0.717) is 11.6 Å². The second-order valence-corrected chi connectivity index (χ2v) is 6.06. The molecule has 0 saturated heterocycles. The fourth-order valence-electron chi connectivity index (χ4n) is 1.73. The highest BCUT2D eigenvalue weighted by molar-refractivity contribution is 9.10. The second-order valence-electron chi connectivity index (χ2n) is 3.91. The first-order valence-corrected chi connectivity index (χ1v) is 7.58. The second kappa shape index (κ2) is 6.64. The number of rotatable bonds is 4. The smallest absolute Gasteiger partial charge is 0.156 e.